The first-order chi connectivity index (χ1) is 13.7. The molecule has 0 saturated carbocycles. The molecule has 0 spiro atoms. The van der Waals surface area contributed by atoms with Gasteiger partial charge >= 0.3 is 0 Å². The molecule has 0 bridgehead atoms. The van der Waals surface area contributed by atoms with Crippen molar-refractivity contribution >= 4 is 28.1 Å². The lowest BCUT2D eigenvalue weighted by molar-refractivity contribution is -0.119. The normalized spacial score (nSPS) is 14.2. The van der Waals surface area contributed by atoms with E-state index in [1.54, 1.807) is 23.3 Å². The Morgan fingerprint density at radius 2 is 1.82 bits per heavy atom. The fourth-order valence-electron chi connectivity index (χ4n) is 3.54. The van der Waals surface area contributed by atoms with Crippen molar-refractivity contribution in [1.82, 2.24) is 4.98 Å². The Morgan fingerprint density at radius 3 is 2.57 bits per heavy atom. The molecule has 144 valence electrons. The standard InChI is InChI=1S/C22H23N3O2S/c1-27-18-13-7-5-11-16(18)20(23)21(26)25(15-9-3-2-4-10-15)22-24-17-12-6-8-14-19(17)28-22/h2-5,7,9-11,13,20H,6,8,12,14,23H2,1H3. The number of rotatable bonds is 5. The number of methoxy groups -OCH3 is 1. The van der Waals surface area contributed by atoms with E-state index in [2.05, 4.69) is 0 Å². The monoisotopic (exact) mass is 393 g/mol. The third-order valence-corrected chi connectivity index (χ3v) is 6.14. The Hall–Kier alpha value is -2.70. The molecule has 1 aliphatic carbocycles. The van der Waals surface area contributed by atoms with Gasteiger partial charge in [-0.2, -0.15) is 0 Å². The molecule has 1 heterocycles. The van der Waals surface area contributed by atoms with Gasteiger partial charge in [-0.1, -0.05) is 36.4 Å². The first-order valence-corrected chi connectivity index (χ1v) is 10.3. The van der Waals surface area contributed by atoms with E-state index in [9.17, 15) is 4.79 Å². The first kappa shape index (κ1) is 18.7. The van der Waals surface area contributed by atoms with Gasteiger partial charge in [-0.15, -0.1) is 11.3 Å². The maximum atomic E-state index is 13.5. The van der Waals surface area contributed by atoms with E-state index in [4.69, 9.17) is 15.5 Å². The summed E-state index contributed by atoms with van der Waals surface area (Å²) in [4.78, 5) is 21.3. The summed E-state index contributed by atoms with van der Waals surface area (Å²) in [5.41, 5.74) is 8.97. The van der Waals surface area contributed by atoms with E-state index >= 15 is 0 Å². The van der Waals surface area contributed by atoms with Crippen LogP contribution in [0.25, 0.3) is 0 Å². The van der Waals surface area contributed by atoms with Crippen LogP contribution in [-0.2, 0) is 17.6 Å². The third kappa shape index (κ3) is 3.53. The van der Waals surface area contributed by atoms with Crippen molar-refractivity contribution in [2.45, 2.75) is 31.7 Å². The molecule has 1 aromatic heterocycles. The molecule has 0 saturated heterocycles. The van der Waals surface area contributed by atoms with Crippen molar-refractivity contribution in [3.63, 3.8) is 0 Å². The summed E-state index contributed by atoms with van der Waals surface area (Å²) in [6.45, 7) is 0. The second kappa shape index (κ2) is 8.12. The molecule has 3 aromatic rings. The lowest BCUT2D eigenvalue weighted by Crippen LogP contribution is -2.35. The number of carbonyl (C=O) groups excluding carboxylic acids is 1. The van der Waals surface area contributed by atoms with E-state index < -0.39 is 6.04 Å². The number of para-hydroxylation sites is 2. The Morgan fingerprint density at radius 1 is 1.11 bits per heavy atom. The predicted octanol–water partition coefficient (Wildman–Crippen LogP) is 4.40. The maximum absolute atomic E-state index is 13.5. The van der Waals surface area contributed by atoms with E-state index in [-0.39, 0.29) is 5.91 Å². The molecule has 2 aromatic carbocycles. The van der Waals surface area contributed by atoms with Gasteiger partial charge in [-0.05, 0) is 43.9 Å². The molecule has 1 aliphatic rings. The minimum absolute atomic E-state index is 0.221. The molecule has 1 amide bonds. The number of aromatic nitrogens is 1. The highest BCUT2D eigenvalue weighted by atomic mass is 32.1. The predicted molar refractivity (Wildman–Crippen MR) is 112 cm³/mol. The number of fused-ring (bicyclic) bond motifs is 1. The Balaban J connectivity index is 1.75. The molecule has 0 fully saturated rings. The smallest absolute Gasteiger partial charge is 0.255 e. The van der Waals surface area contributed by atoms with Crippen LogP contribution in [0.15, 0.2) is 54.6 Å². The molecule has 5 nitrogen and oxygen atoms in total. The average molecular weight is 394 g/mol. The Kier molecular flexibility index (Phi) is 5.41. The van der Waals surface area contributed by atoms with Crippen LogP contribution in [0.3, 0.4) is 0 Å². The quantitative estimate of drug-likeness (QED) is 0.698. The molecule has 0 radical (unpaired) electrons. The van der Waals surface area contributed by atoms with E-state index in [0.717, 1.165) is 30.6 Å². The lowest BCUT2D eigenvalue weighted by atomic mass is 10.0. The third-order valence-electron chi connectivity index (χ3n) is 5.00. The second-order valence-corrected chi connectivity index (χ2v) is 7.86. The van der Waals surface area contributed by atoms with E-state index in [0.29, 0.717) is 16.4 Å². The van der Waals surface area contributed by atoms with Crippen LogP contribution in [0.5, 0.6) is 5.75 Å². The highest BCUT2D eigenvalue weighted by Crippen LogP contribution is 2.37. The van der Waals surface area contributed by atoms with Crippen molar-refractivity contribution in [3.8, 4) is 5.75 Å². The summed E-state index contributed by atoms with van der Waals surface area (Å²) in [6.07, 6.45) is 4.33. The van der Waals surface area contributed by atoms with Gasteiger partial charge in [-0.3, -0.25) is 9.69 Å². The topological polar surface area (TPSA) is 68.5 Å². The van der Waals surface area contributed by atoms with Crippen molar-refractivity contribution in [2.75, 3.05) is 12.0 Å². The molecule has 1 atom stereocenters. The van der Waals surface area contributed by atoms with Crippen molar-refractivity contribution in [1.29, 1.82) is 0 Å². The molecule has 4 rings (SSSR count). The van der Waals surface area contributed by atoms with Gasteiger partial charge in [0.25, 0.3) is 5.91 Å². The van der Waals surface area contributed by atoms with E-state index in [1.807, 2.05) is 54.6 Å². The molecule has 28 heavy (non-hydrogen) atoms. The van der Waals surface area contributed by atoms with Crippen LogP contribution in [0, 0.1) is 0 Å². The second-order valence-electron chi connectivity index (χ2n) is 6.80. The SMILES string of the molecule is COc1ccccc1C(N)C(=O)N(c1ccccc1)c1nc2c(s1)CCCC2. The molecule has 2 N–H and O–H groups in total. The van der Waals surface area contributed by atoms with Crippen LogP contribution >= 0.6 is 11.3 Å². The summed E-state index contributed by atoms with van der Waals surface area (Å²) in [6, 6.07) is 16.1. The maximum Gasteiger partial charge on any atom is 0.255 e. The van der Waals surface area contributed by atoms with Gasteiger partial charge in [0.2, 0.25) is 0 Å². The number of aryl methyl sites for hydroxylation is 2. The lowest BCUT2D eigenvalue weighted by Gasteiger charge is -2.24. The number of hydrogen-bond acceptors (Lipinski definition) is 5. The largest absolute Gasteiger partial charge is 0.496 e. The summed E-state index contributed by atoms with van der Waals surface area (Å²) >= 11 is 1.60. The van der Waals surface area contributed by atoms with Gasteiger partial charge in [-0.25, -0.2) is 4.98 Å². The summed E-state index contributed by atoms with van der Waals surface area (Å²) in [5, 5.41) is 0.688. The van der Waals surface area contributed by atoms with Crippen molar-refractivity contribution < 1.29 is 9.53 Å². The molecule has 0 aliphatic heterocycles. The Labute approximate surface area is 168 Å². The summed E-state index contributed by atoms with van der Waals surface area (Å²) in [7, 11) is 1.58. The van der Waals surface area contributed by atoms with E-state index in [1.165, 1.54) is 11.3 Å². The molecule has 6 heteroatoms. The number of anilines is 2. The minimum Gasteiger partial charge on any atom is -0.496 e. The van der Waals surface area contributed by atoms with Crippen LogP contribution in [0.4, 0.5) is 10.8 Å². The number of thiazole rings is 1. The number of hydrogen-bond donors (Lipinski definition) is 1. The highest BCUT2D eigenvalue weighted by Gasteiger charge is 2.30. The zero-order chi connectivity index (χ0) is 19.5. The molecule has 1 unspecified atom stereocenters. The fraction of sp³-hybridized carbons (Fsp3) is 0.273. The van der Waals surface area contributed by atoms with Gasteiger partial charge in [0.1, 0.15) is 11.8 Å². The van der Waals surface area contributed by atoms with Gasteiger partial charge < -0.3 is 10.5 Å². The fourth-order valence-corrected chi connectivity index (χ4v) is 4.71. The van der Waals surface area contributed by atoms with Crippen LogP contribution in [-0.4, -0.2) is 18.0 Å². The minimum atomic E-state index is -0.850. The number of amides is 1. The zero-order valence-electron chi connectivity index (χ0n) is 15.8. The zero-order valence-corrected chi connectivity index (χ0v) is 16.6. The average Bonchev–Trinajstić information content (AvgIpc) is 3.17. The van der Waals surface area contributed by atoms with Gasteiger partial charge in [0, 0.05) is 10.4 Å². The van der Waals surface area contributed by atoms with Gasteiger partial charge in [0.15, 0.2) is 5.13 Å². The Bertz CT molecular complexity index is 947. The summed E-state index contributed by atoms with van der Waals surface area (Å²) < 4.78 is 5.41. The van der Waals surface area contributed by atoms with Crippen molar-refractivity contribution in [2.24, 2.45) is 5.73 Å². The van der Waals surface area contributed by atoms with Crippen LogP contribution < -0.4 is 15.4 Å². The summed E-state index contributed by atoms with van der Waals surface area (Å²) in [5.74, 6) is 0.386. The molecular weight excluding hydrogens is 370 g/mol. The van der Waals surface area contributed by atoms with Gasteiger partial charge in [0.05, 0.1) is 18.5 Å². The van der Waals surface area contributed by atoms with Crippen LogP contribution in [0.2, 0.25) is 0 Å². The van der Waals surface area contributed by atoms with Crippen LogP contribution in [0.1, 0.15) is 35.0 Å². The van der Waals surface area contributed by atoms with Crippen molar-refractivity contribution in [3.05, 3.63) is 70.7 Å². The highest BCUT2D eigenvalue weighted by molar-refractivity contribution is 7.16. The number of ether oxygens (including phenoxy) is 1. The first-order valence-electron chi connectivity index (χ1n) is 9.45. The number of nitrogens with zero attached hydrogens (tertiary/aromatic N) is 2. The number of benzene rings is 2. The molecular formula is C22H23N3O2S. The number of carbonyl (C=O) groups is 1. The number of nitrogens with two attached hydrogens (primary N) is 1.